The Morgan fingerprint density at radius 3 is 2.79 bits per heavy atom. The lowest BCUT2D eigenvalue weighted by Gasteiger charge is -2.12. The Balaban J connectivity index is 1.76. The molecule has 1 N–H and O–H groups in total. The van der Waals surface area contributed by atoms with Crippen LogP contribution in [0.2, 0.25) is 0 Å². The Hall–Kier alpha value is -3.48. The lowest BCUT2D eigenvalue weighted by molar-refractivity contribution is 0.416. The van der Waals surface area contributed by atoms with E-state index in [1.807, 2.05) is 18.2 Å². The van der Waals surface area contributed by atoms with E-state index < -0.39 is 0 Å². The first-order valence-electron chi connectivity index (χ1n) is 9.59. The number of fused-ring (bicyclic) bond motifs is 1. The van der Waals surface area contributed by atoms with Crippen molar-refractivity contribution in [2.75, 3.05) is 7.11 Å². The van der Waals surface area contributed by atoms with Crippen LogP contribution in [0, 0.1) is 0 Å². The normalized spacial score (nSPS) is 11.3. The van der Waals surface area contributed by atoms with Crippen molar-refractivity contribution < 1.29 is 4.74 Å². The van der Waals surface area contributed by atoms with Crippen molar-refractivity contribution >= 4 is 11.3 Å². The number of pyridine rings is 1. The molecule has 0 saturated heterocycles. The zero-order valence-corrected chi connectivity index (χ0v) is 16.7. The molecule has 1 aromatic carbocycles. The largest absolute Gasteiger partial charge is 0.496 e. The Morgan fingerprint density at radius 2 is 2.07 bits per heavy atom. The lowest BCUT2D eigenvalue weighted by Crippen LogP contribution is -2.18. The van der Waals surface area contributed by atoms with Crippen LogP contribution in [0.25, 0.3) is 22.6 Å². The van der Waals surface area contributed by atoms with Crippen LogP contribution >= 0.6 is 0 Å². The molecule has 0 unspecified atom stereocenters. The van der Waals surface area contributed by atoms with E-state index in [1.54, 1.807) is 30.3 Å². The van der Waals surface area contributed by atoms with Crippen LogP contribution in [0.15, 0.2) is 53.7 Å². The molecule has 4 rings (SSSR count). The first-order chi connectivity index (χ1) is 14.1. The van der Waals surface area contributed by atoms with Gasteiger partial charge in [-0.15, -0.1) is 0 Å². The Bertz CT molecular complexity index is 1200. The van der Waals surface area contributed by atoms with E-state index in [2.05, 4.69) is 40.9 Å². The number of rotatable bonds is 6. The number of nitrogens with one attached hydrogen (secondary N) is 1. The zero-order valence-electron chi connectivity index (χ0n) is 16.7. The highest BCUT2D eigenvalue weighted by Gasteiger charge is 2.15. The summed E-state index contributed by atoms with van der Waals surface area (Å²) in [5.74, 6) is 1.10. The molecule has 0 spiro atoms. The van der Waals surface area contributed by atoms with E-state index in [0.29, 0.717) is 35.9 Å². The molecule has 0 amide bonds. The van der Waals surface area contributed by atoms with E-state index in [9.17, 15) is 4.79 Å². The van der Waals surface area contributed by atoms with Gasteiger partial charge in [-0.25, -0.2) is 14.8 Å². The number of imidazole rings is 1. The molecule has 0 saturated carbocycles. The monoisotopic (exact) mass is 389 g/mol. The summed E-state index contributed by atoms with van der Waals surface area (Å²) in [7, 11) is 1.64. The maximum absolute atomic E-state index is 12.5. The molecule has 0 aliphatic rings. The summed E-state index contributed by atoms with van der Waals surface area (Å²) in [6.07, 6.45) is 5.89. The Morgan fingerprint density at radius 1 is 1.21 bits per heavy atom. The van der Waals surface area contributed by atoms with Crippen LogP contribution in [0.1, 0.15) is 30.9 Å². The number of methoxy groups -OCH3 is 1. The van der Waals surface area contributed by atoms with Crippen LogP contribution in [-0.4, -0.2) is 31.6 Å². The predicted molar refractivity (Wildman–Crippen MR) is 112 cm³/mol. The van der Waals surface area contributed by atoms with E-state index in [-0.39, 0.29) is 5.69 Å². The third-order valence-electron chi connectivity index (χ3n) is 4.99. The van der Waals surface area contributed by atoms with Gasteiger partial charge in [-0.1, -0.05) is 26.0 Å². The molecule has 0 fully saturated rings. The number of hydrogen-bond donors (Lipinski definition) is 1. The average Bonchev–Trinajstić information content (AvgIpc) is 3.06. The van der Waals surface area contributed by atoms with Crippen LogP contribution in [0.3, 0.4) is 0 Å². The fraction of sp³-hybridized carbons (Fsp3) is 0.273. The first kappa shape index (κ1) is 18.9. The van der Waals surface area contributed by atoms with Crippen molar-refractivity contribution in [1.29, 1.82) is 0 Å². The molecule has 0 atom stereocenters. The molecular weight excluding hydrogens is 366 g/mol. The minimum absolute atomic E-state index is 0.219. The quantitative estimate of drug-likeness (QED) is 0.545. The Labute approximate surface area is 168 Å². The standard InChI is InChI=1S/C22H23N5O2/c1-14(2)16-6-7-19(29-3)17(11-16)18-13-24-20-21(25-18)27(22(28)26-20)10-8-15-5-4-9-23-12-15/h4-7,9,11-14H,8,10H2,1-3H3,(H,24,26,28). The SMILES string of the molecule is COc1ccc(C(C)C)cc1-c1cnc2[nH]c(=O)n(CCc3cccnc3)c2n1. The van der Waals surface area contributed by atoms with Gasteiger partial charge in [0.2, 0.25) is 0 Å². The van der Waals surface area contributed by atoms with Gasteiger partial charge in [-0.2, -0.15) is 0 Å². The minimum Gasteiger partial charge on any atom is -0.496 e. The smallest absolute Gasteiger partial charge is 0.328 e. The highest BCUT2D eigenvalue weighted by molar-refractivity contribution is 5.74. The summed E-state index contributed by atoms with van der Waals surface area (Å²) in [5.41, 5.74) is 4.57. The van der Waals surface area contributed by atoms with Gasteiger partial charge in [0.15, 0.2) is 11.3 Å². The van der Waals surface area contributed by atoms with Crippen molar-refractivity contribution in [3.05, 3.63) is 70.5 Å². The summed E-state index contributed by atoms with van der Waals surface area (Å²) in [4.78, 5) is 28.6. The Kier molecular flexibility index (Phi) is 5.12. The van der Waals surface area contributed by atoms with Crippen molar-refractivity contribution in [2.45, 2.75) is 32.7 Å². The van der Waals surface area contributed by atoms with E-state index in [4.69, 9.17) is 9.72 Å². The number of ether oxygens (including phenoxy) is 1. The molecule has 0 radical (unpaired) electrons. The van der Waals surface area contributed by atoms with Gasteiger partial charge in [0.1, 0.15) is 5.75 Å². The molecule has 0 aliphatic heterocycles. The van der Waals surface area contributed by atoms with Crippen LogP contribution < -0.4 is 10.4 Å². The third-order valence-corrected chi connectivity index (χ3v) is 4.99. The zero-order chi connectivity index (χ0) is 20.4. The van der Waals surface area contributed by atoms with Gasteiger partial charge in [0, 0.05) is 24.5 Å². The second-order valence-electron chi connectivity index (χ2n) is 7.23. The number of aromatic amines is 1. The van der Waals surface area contributed by atoms with Gasteiger partial charge in [0.05, 0.1) is 19.0 Å². The summed E-state index contributed by atoms with van der Waals surface area (Å²) < 4.78 is 7.16. The molecule has 29 heavy (non-hydrogen) atoms. The second kappa shape index (κ2) is 7.87. The lowest BCUT2D eigenvalue weighted by atomic mass is 9.99. The maximum atomic E-state index is 12.5. The molecule has 3 heterocycles. The van der Waals surface area contributed by atoms with E-state index in [0.717, 1.165) is 16.9 Å². The molecule has 4 aromatic rings. The minimum atomic E-state index is -0.219. The maximum Gasteiger partial charge on any atom is 0.328 e. The molecule has 7 heteroatoms. The predicted octanol–water partition coefficient (Wildman–Crippen LogP) is 3.56. The van der Waals surface area contributed by atoms with Gasteiger partial charge < -0.3 is 4.74 Å². The number of hydrogen-bond acceptors (Lipinski definition) is 5. The van der Waals surface area contributed by atoms with Gasteiger partial charge in [-0.05, 0) is 41.7 Å². The number of aromatic nitrogens is 5. The number of nitrogens with zero attached hydrogens (tertiary/aromatic N) is 4. The number of benzene rings is 1. The van der Waals surface area contributed by atoms with Crippen LogP contribution in [-0.2, 0) is 13.0 Å². The van der Waals surface area contributed by atoms with Crippen molar-refractivity contribution in [3.63, 3.8) is 0 Å². The van der Waals surface area contributed by atoms with Crippen LogP contribution in [0.4, 0.5) is 0 Å². The number of H-pyrrole nitrogens is 1. The number of aryl methyl sites for hydroxylation is 2. The van der Waals surface area contributed by atoms with Gasteiger partial charge >= 0.3 is 5.69 Å². The van der Waals surface area contributed by atoms with Gasteiger partial charge in [-0.3, -0.25) is 14.5 Å². The molecule has 7 nitrogen and oxygen atoms in total. The van der Waals surface area contributed by atoms with Gasteiger partial charge in [0.25, 0.3) is 0 Å². The molecule has 3 aromatic heterocycles. The highest BCUT2D eigenvalue weighted by Crippen LogP contribution is 2.32. The van der Waals surface area contributed by atoms with Crippen molar-refractivity contribution in [2.24, 2.45) is 0 Å². The average molecular weight is 389 g/mol. The first-order valence-corrected chi connectivity index (χ1v) is 9.59. The highest BCUT2D eigenvalue weighted by atomic mass is 16.5. The summed E-state index contributed by atoms with van der Waals surface area (Å²) >= 11 is 0. The summed E-state index contributed by atoms with van der Waals surface area (Å²) in [6, 6.07) is 9.96. The fourth-order valence-electron chi connectivity index (χ4n) is 3.33. The topological polar surface area (TPSA) is 85.7 Å². The van der Waals surface area contributed by atoms with E-state index in [1.165, 1.54) is 5.56 Å². The second-order valence-corrected chi connectivity index (χ2v) is 7.23. The van der Waals surface area contributed by atoms with Crippen molar-refractivity contribution in [1.82, 2.24) is 24.5 Å². The molecular formula is C22H23N5O2. The van der Waals surface area contributed by atoms with Crippen molar-refractivity contribution in [3.8, 4) is 17.0 Å². The summed E-state index contributed by atoms with van der Waals surface area (Å²) in [5, 5.41) is 0. The third kappa shape index (κ3) is 3.76. The van der Waals surface area contributed by atoms with E-state index >= 15 is 0 Å². The summed E-state index contributed by atoms with van der Waals surface area (Å²) in [6.45, 7) is 4.78. The fourth-order valence-corrected chi connectivity index (χ4v) is 3.33. The molecule has 0 aliphatic carbocycles. The molecule has 0 bridgehead atoms. The van der Waals surface area contributed by atoms with Crippen LogP contribution in [0.5, 0.6) is 5.75 Å². The molecule has 148 valence electrons.